The van der Waals surface area contributed by atoms with Crippen LogP contribution in [-0.2, 0) is 4.79 Å². The second-order valence-electron chi connectivity index (χ2n) is 6.19. The Hall–Kier alpha value is -3.25. The first kappa shape index (κ1) is 19.5. The van der Waals surface area contributed by atoms with Crippen molar-refractivity contribution in [1.82, 2.24) is 0 Å². The molecular formula is C22H21F2N2O2+. The molecule has 0 bridgehead atoms. The molecule has 1 amide bonds. The Morgan fingerprint density at radius 1 is 0.857 bits per heavy atom. The van der Waals surface area contributed by atoms with Crippen molar-refractivity contribution in [3.05, 3.63) is 96.1 Å². The Kier molecular flexibility index (Phi) is 6.70. The number of rotatable bonds is 8. The van der Waals surface area contributed by atoms with Crippen LogP contribution in [0.5, 0.6) is 5.75 Å². The van der Waals surface area contributed by atoms with Gasteiger partial charge in [0, 0.05) is 16.8 Å². The van der Waals surface area contributed by atoms with Gasteiger partial charge in [-0.05, 0) is 24.3 Å². The summed E-state index contributed by atoms with van der Waals surface area (Å²) < 4.78 is 28.7. The zero-order valence-corrected chi connectivity index (χ0v) is 15.1. The molecule has 144 valence electrons. The van der Waals surface area contributed by atoms with E-state index in [0.29, 0.717) is 5.69 Å². The molecule has 3 rings (SSSR count). The Bertz CT molecular complexity index is 833. The van der Waals surface area contributed by atoms with Crippen LogP contribution < -0.4 is 15.4 Å². The SMILES string of the molecule is O=C(C[NH2+]C(c1ccccc1)c1ccccc1)Nc1ccc(OC(F)F)cc1. The fourth-order valence-electron chi connectivity index (χ4n) is 2.94. The van der Waals surface area contributed by atoms with Gasteiger partial charge in [-0.1, -0.05) is 60.7 Å². The minimum Gasteiger partial charge on any atom is -0.435 e. The number of benzene rings is 3. The lowest BCUT2D eigenvalue weighted by Gasteiger charge is -2.16. The monoisotopic (exact) mass is 383 g/mol. The van der Waals surface area contributed by atoms with E-state index < -0.39 is 6.61 Å². The molecule has 0 saturated heterocycles. The lowest BCUT2D eigenvalue weighted by molar-refractivity contribution is -0.676. The summed E-state index contributed by atoms with van der Waals surface area (Å²) in [6.07, 6.45) is 0. The number of nitrogens with one attached hydrogen (secondary N) is 1. The maximum Gasteiger partial charge on any atom is 0.387 e. The van der Waals surface area contributed by atoms with Crippen molar-refractivity contribution >= 4 is 11.6 Å². The van der Waals surface area contributed by atoms with Crippen LogP contribution in [0.4, 0.5) is 14.5 Å². The molecule has 0 aliphatic rings. The largest absolute Gasteiger partial charge is 0.435 e. The van der Waals surface area contributed by atoms with E-state index in [1.807, 2.05) is 66.0 Å². The molecule has 0 unspecified atom stereocenters. The lowest BCUT2D eigenvalue weighted by Crippen LogP contribution is -2.87. The van der Waals surface area contributed by atoms with Crippen molar-refractivity contribution in [2.45, 2.75) is 12.7 Å². The van der Waals surface area contributed by atoms with Crippen LogP contribution in [0.3, 0.4) is 0 Å². The third-order valence-corrected chi connectivity index (χ3v) is 4.22. The van der Waals surface area contributed by atoms with Gasteiger partial charge >= 0.3 is 6.61 Å². The van der Waals surface area contributed by atoms with Gasteiger partial charge in [0.05, 0.1) is 0 Å². The van der Waals surface area contributed by atoms with Crippen molar-refractivity contribution in [2.24, 2.45) is 0 Å². The van der Waals surface area contributed by atoms with E-state index in [9.17, 15) is 13.6 Å². The second-order valence-corrected chi connectivity index (χ2v) is 6.19. The van der Waals surface area contributed by atoms with Crippen LogP contribution in [0.1, 0.15) is 17.2 Å². The van der Waals surface area contributed by atoms with Gasteiger partial charge in [0.25, 0.3) is 5.91 Å². The highest BCUT2D eigenvalue weighted by Gasteiger charge is 2.18. The normalized spacial score (nSPS) is 10.9. The molecule has 3 N–H and O–H groups in total. The lowest BCUT2D eigenvalue weighted by atomic mass is 9.99. The Morgan fingerprint density at radius 3 is 1.89 bits per heavy atom. The minimum atomic E-state index is -2.87. The number of hydrogen-bond donors (Lipinski definition) is 2. The van der Waals surface area contributed by atoms with Gasteiger partial charge in [-0.2, -0.15) is 8.78 Å². The molecule has 0 aliphatic heterocycles. The van der Waals surface area contributed by atoms with Crippen LogP contribution in [0.25, 0.3) is 0 Å². The van der Waals surface area contributed by atoms with E-state index >= 15 is 0 Å². The predicted octanol–water partition coefficient (Wildman–Crippen LogP) is 3.58. The number of nitrogens with two attached hydrogens (primary N) is 1. The zero-order valence-electron chi connectivity index (χ0n) is 15.1. The first-order valence-corrected chi connectivity index (χ1v) is 8.90. The maximum absolute atomic E-state index is 12.3. The molecule has 0 aromatic heterocycles. The Morgan fingerprint density at radius 2 is 1.39 bits per heavy atom. The van der Waals surface area contributed by atoms with Crippen molar-refractivity contribution in [2.75, 3.05) is 11.9 Å². The number of ether oxygens (including phenoxy) is 1. The van der Waals surface area contributed by atoms with Gasteiger partial charge in [0.15, 0.2) is 6.54 Å². The molecule has 4 nitrogen and oxygen atoms in total. The molecule has 3 aromatic rings. The third kappa shape index (κ3) is 5.62. The van der Waals surface area contributed by atoms with Crippen molar-refractivity contribution in [1.29, 1.82) is 0 Å². The molecule has 0 spiro atoms. The second kappa shape index (κ2) is 9.62. The van der Waals surface area contributed by atoms with Crippen LogP contribution in [0, 0.1) is 0 Å². The fraction of sp³-hybridized carbons (Fsp3) is 0.136. The van der Waals surface area contributed by atoms with Gasteiger partial charge < -0.3 is 15.4 Å². The number of carbonyl (C=O) groups is 1. The number of alkyl halides is 2. The van der Waals surface area contributed by atoms with Gasteiger partial charge in [0.1, 0.15) is 11.8 Å². The molecule has 0 atom stereocenters. The molecule has 0 fully saturated rings. The van der Waals surface area contributed by atoms with E-state index in [1.165, 1.54) is 24.3 Å². The van der Waals surface area contributed by atoms with E-state index in [0.717, 1.165) is 11.1 Å². The van der Waals surface area contributed by atoms with E-state index in [-0.39, 0.29) is 24.2 Å². The fourth-order valence-corrected chi connectivity index (χ4v) is 2.94. The van der Waals surface area contributed by atoms with E-state index in [4.69, 9.17) is 0 Å². The summed E-state index contributed by atoms with van der Waals surface area (Å²) >= 11 is 0. The molecule has 0 radical (unpaired) electrons. The van der Waals surface area contributed by atoms with Gasteiger partial charge in [-0.3, -0.25) is 4.79 Å². The van der Waals surface area contributed by atoms with Crippen LogP contribution in [0.2, 0.25) is 0 Å². The standard InChI is InChI=1S/C22H20F2N2O2/c23-22(24)28-19-13-11-18(12-14-19)26-20(27)15-25-21(16-7-3-1-4-8-16)17-9-5-2-6-10-17/h1-14,21-22,25H,15H2,(H,26,27)/p+1. The molecule has 6 heteroatoms. The first-order chi connectivity index (χ1) is 13.6. The zero-order chi connectivity index (χ0) is 19.8. The highest BCUT2D eigenvalue weighted by Crippen LogP contribution is 2.19. The number of anilines is 1. The average molecular weight is 383 g/mol. The Labute approximate surface area is 162 Å². The van der Waals surface area contributed by atoms with Crippen molar-refractivity contribution in [3.63, 3.8) is 0 Å². The average Bonchev–Trinajstić information content (AvgIpc) is 2.71. The van der Waals surface area contributed by atoms with Crippen LogP contribution in [-0.4, -0.2) is 19.1 Å². The summed E-state index contributed by atoms with van der Waals surface area (Å²) in [5.41, 5.74) is 2.74. The first-order valence-electron chi connectivity index (χ1n) is 8.90. The Balaban J connectivity index is 1.62. The topological polar surface area (TPSA) is 54.9 Å². The molecule has 28 heavy (non-hydrogen) atoms. The molecule has 0 saturated carbocycles. The van der Waals surface area contributed by atoms with Crippen LogP contribution >= 0.6 is 0 Å². The number of halogens is 2. The third-order valence-electron chi connectivity index (χ3n) is 4.22. The summed E-state index contributed by atoms with van der Waals surface area (Å²) in [5, 5.41) is 4.73. The number of carbonyl (C=O) groups excluding carboxylic acids is 1. The highest BCUT2D eigenvalue weighted by atomic mass is 19.3. The smallest absolute Gasteiger partial charge is 0.387 e. The summed E-state index contributed by atoms with van der Waals surface area (Å²) in [7, 11) is 0. The van der Waals surface area contributed by atoms with Crippen molar-refractivity contribution in [3.8, 4) is 5.75 Å². The summed E-state index contributed by atoms with van der Waals surface area (Å²) in [6, 6.07) is 25.8. The minimum absolute atomic E-state index is 0.00466. The molecule has 0 aliphatic carbocycles. The number of amides is 1. The molecule has 0 heterocycles. The number of quaternary nitrogens is 1. The van der Waals surface area contributed by atoms with E-state index in [1.54, 1.807) is 0 Å². The quantitative estimate of drug-likeness (QED) is 0.625. The van der Waals surface area contributed by atoms with Crippen LogP contribution in [0.15, 0.2) is 84.9 Å². The van der Waals surface area contributed by atoms with Crippen molar-refractivity contribution < 1.29 is 23.6 Å². The van der Waals surface area contributed by atoms with Gasteiger partial charge in [0.2, 0.25) is 0 Å². The highest BCUT2D eigenvalue weighted by molar-refractivity contribution is 5.91. The van der Waals surface area contributed by atoms with Gasteiger partial charge in [-0.25, -0.2) is 0 Å². The summed E-state index contributed by atoms with van der Waals surface area (Å²) in [5.74, 6) is -0.132. The number of hydrogen-bond acceptors (Lipinski definition) is 2. The maximum atomic E-state index is 12.3. The summed E-state index contributed by atoms with van der Waals surface area (Å²) in [4.78, 5) is 12.3. The predicted molar refractivity (Wildman–Crippen MR) is 103 cm³/mol. The van der Waals surface area contributed by atoms with E-state index in [2.05, 4.69) is 10.1 Å². The van der Waals surface area contributed by atoms with Gasteiger partial charge in [-0.15, -0.1) is 0 Å². The molecular weight excluding hydrogens is 362 g/mol. The summed E-state index contributed by atoms with van der Waals surface area (Å²) in [6.45, 7) is -2.66. The molecule has 3 aromatic carbocycles.